The van der Waals surface area contributed by atoms with Crippen LogP contribution in [0, 0.1) is 12.7 Å². The quantitative estimate of drug-likeness (QED) is 0.909. The maximum Gasteiger partial charge on any atom is 0.246 e. The summed E-state index contributed by atoms with van der Waals surface area (Å²) in [6.45, 7) is 1.86. The van der Waals surface area contributed by atoms with Crippen molar-refractivity contribution in [1.29, 1.82) is 0 Å². The Bertz CT molecular complexity index is 631. The first-order valence-electron chi connectivity index (χ1n) is 6.41. The molecule has 1 aliphatic heterocycles. The van der Waals surface area contributed by atoms with Gasteiger partial charge in [-0.1, -0.05) is 12.5 Å². The molecular weight excluding hydrogens is 283 g/mol. The van der Waals surface area contributed by atoms with Gasteiger partial charge in [0, 0.05) is 6.54 Å². The van der Waals surface area contributed by atoms with E-state index in [0.29, 0.717) is 18.4 Å². The van der Waals surface area contributed by atoms with Gasteiger partial charge in [0.25, 0.3) is 0 Å². The molecule has 1 amide bonds. The summed E-state index contributed by atoms with van der Waals surface area (Å²) >= 11 is 0. The summed E-state index contributed by atoms with van der Waals surface area (Å²) in [4.78, 5) is 11.0. The van der Waals surface area contributed by atoms with Crippen LogP contribution in [0.15, 0.2) is 23.1 Å². The zero-order valence-corrected chi connectivity index (χ0v) is 12.0. The van der Waals surface area contributed by atoms with E-state index in [1.807, 2.05) is 0 Å². The van der Waals surface area contributed by atoms with E-state index in [-0.39, 0.29) is 6.54 Å². The summed E-state index contributed by atoms with van der Waals surface area (Å²) in [6.07, 6.45) is 1.74. The van der Waals surface area contributed by atoms with E-state index in [4.69, 9.17) is 5.73 Å². The van der Waals surface area contributed by atoms with E-state index in [9.17, 15) is 17.6 Å². The Morgan fingerprint density at radius 3 is 2.75 bits per heavy atom. The zero-order valence-electron chi connectivity index (χ0n) is 11.2. The van der Waals surface area contributed by atoms with Gasteiger partial charge in [0.1, 0.15) is 16.8 Å². The third-order valence-corrected chi connectivity index (χ3v) is 5.38. The standard InChI is InChI=1S/C13H17FN2O3S/c1-9-5-6-10(14)12(8-9)20(18,19)16-7-3-2-4-11(16)13(15)17/h5-6,8,11H,2-4,7H2,1H3,(H2,15,17)/t11-/m1/s1. The number of aryl methyl sites for hydroxylation is 1. The Morgan fingerprint density at radius 1 is 1.40 bits per heavy atom. The van der Waals surface area contributed by atoms with Crippen molar-refractivity contribution in [3.8, 4) is 0 Å². The Kier molecular flexibility index (Phi) is 4.10. The fourth-order valence-electron chi connectivity index (χ4n) is 2.41. The number of piperidine rings is 1. The van der Waals surface area contributed by atoms with Crippen LogP contribution in [0.4, 0.5) is 4.39 Å². The number of sulfonamides is 1. The normalized spacial score (nSPS) is 20.8. The number of nitrogens with two attached hydrogens (primary N) is 1. The minimum absolute atomic E-state index is 0.184. The van der Waals surface area contributed by atoms with Gasteiger partial charge in [-0.3, -0.25) is 4.79 Å². The molecule has 20 heavy (non-hydrogen) atoms. The molecule has 1 aromatic carbocycles. The van der Waals surface area contributed by atoms with Crippen molar-refractivity contribution < 1.29 is 17.6 Å². The molecule has 1 saturated heterocycles. The number of benzene rings is 1. The molecular formula is C13H17FN2O3S. The van der Waals surface area contributed by atoms with Crippen LogP contribution in [0.25, 0.3) is 0 Å². The summed E-state index contributed by atoms with van der Waals surface area (Å²) in [7, 11) is -4.05. The number of nitrogens with zero attached hydrogens (tertiary/aromatic N) is 1. The largest absolute Gasteiger partial charge is 0.368 e. The molecule has 2 N–H and O–H groups in total. The van der Waals surface area contributed by atoms with Gasteiger partial charge < -0.3 is 5.73 Å². The van der Waals surface area contributed by atoms with E-state index in [2.05, 4.69) is 0 Å². The number of hydrogen-bond acceptors (Lipinski definition) is 3. The highest BCUT2D eigenvalue weighted by Crippen LogP contribution is 2.27. The molecule has 0 aliphatic carbocycles. The number of carbonyl (C=O) groups is 1. The average Bonchev–Trinajstić information content (AvgIpc) is 2.41. The highest BCUT2D eigenvalue weighted by molar-refractivity contribution is 7.89. The number of hydrogen-bond donors (Lipinski definition) is 1. The molecule has 5 nitrogen and oxygen atoms in total. The molecule has 0 radical (unpaired) electrons. The Balaban J connectivity index is 2.47. The van der Waals surface area contributed by atoms with Crippen LogP contribution >= 0.6 is 0 Å². The SMILES string of the molecule is Cc1ccc(F)c(S(=O)(=O)N2CCCC[C@@H]2C(N)=O)c1. The van der Waals surface area contributed by atoms with Crippen molar-refractivity contribution in [3.05, 3.63) is 29.6 Å². The monoisotopic (exact) mass is 300 g/mol. The number of rotatable bonds is 3. The molecule has 110 valence electrons. The summed E-state index contributed by atoms with van der Waals surface area (Å²) < 4.78 is 40.0. The molecule has 1 fully saturated rings. The lowest BCUT2D eigenvalue weighted by Gasteiger charge is -2.32. The van der Waals surface area contributed by atoms with Crippen molar-refractivity contribution in [2.24, 2.45) is 5.73 Å². The third-order valence-electron chi connectivity index (χ3n) is 3.46. The predicted octanol–water partition coefficient (Wildman–Crippen LogP) is 1.16. The minimum atomic E-state index is -4.05. The fourth-order valence-corrected chi connectivity index (χ4v) is 4.23. The van der Waals surface area contributed by atoms with Crippen molar-refractivity contribution in [1.82, 2.24) is 4.31 Å². The first-order valence-corrected chi connectivity index (χ1v) is 7.85. The van der Waals surface area contributed by atoms with E-state index in [1.165, 1.54) is 12.1 Å². The second kappa shape index (κ2) is 5.49. The Hall–Kier alpha value is -1.47. The molecule has 1 aliphatic rings. The van der Waals surface area contributed by atoms with E-state index < -0.39 is 32.7 Å². The van der Waals surface area contributed by atoms with E-state index >= 15 is 0 Å². The van der Waals surface area contributed by atoms with Crippen molar-refractivity contribution in [2.75, 3.05) is 6.54 Å². The van der Waals surface area contributed by atoms with Gasteiger partial charge in [0.05, 0.1) is 0 Å². The van der Waals surface area contributed by atoms with Gasteiger partial charge in [-0.2, -0.15) is 4.31 Å². The minimum Gasteiger partial charge on any atom is -0.368 e. The summed E-state index contributed by atoms with van der Waals surface area (Å²) in [6, 6.07) is 2.99. The van der Waals surface area contributed by atoms with Crippen LogP contribution in [-0.2, 0) is 14.8 Å². The van der Waals surface area contributed by atoms with Crippen LogP contribution < -0.4 is 5.73 Å². The molecule has 0 spiro atoms. The number of amides is 1. The Morgan fingerprint density at radius 2 is 2.10 bits per heavy atom. The fraction of sp³-hybridized carbons (Fsp3) is 0.462. The lowest BCUT2D eigenvalue weighted by Crippen LogP contribution is -2.50. The van der Waals surface area contributed by atoms with Gasteiger partial charge in [0.15, 0.2) is 0 Å². The van der Waals surface area contributed by atoms with Gasteiger partial charge in [-0.05, 0) is 37.5 Å². The van der Waals surface area contributed by atoms with Crippen molar-refractivity contribution in [3.63, 3.8) is 0 Å². The van der Waals surface area contributed by atoms with Crippen LogP contribution in [0.2, 0.25) is 0 Å². The second-order valence-corrected chi connectivity index (χ2v) is 6.82. The summed E-state index contributed by atoms with van der Waals surface area (Å²) in [5.41, 5.74) is 5.90. The topological polar surface area (TPSA) is 80.5 Å². The molecule has 2 rings (SSSR count). The molecule has 0 unspecified atom stereocenters. The Labute approximate surface area is 117 Å². The van der Waals surface area contributed by atoms with Crippen molar-refractivity contribution in [2.45, 2.75) is 37.1 Å². The van der Waals surface area contributed by atoms with Gasteiger partial charge in [-0.15, -0.1) is 0 Å². The predicted molar refractivity (Wildman–Crippen MR) is 71.9 cm³/mol. The van der Waals surface area contributed by atoms with Gasteiger partial charge >= 0.3 is 0 Å². The maximum absolute atomic E-state index is 13.8. The number of primary amides is 1. The lowest BCUT2D eigenvalue weighted by molar-refractivity contribution is -0.122. The molecule has 0 bridgehead atoms. The molecule has 1 aromatic rings. The van der Waals surface area contributed by atoms with E-state index in [1.54, 1.807) is 6.92 Å². The highest BCUT2D eigenvalue weighted by atomic mass is 32.2. The first kappa shape index (κ1) is 14.9. The lowest BCUT2D eigenvalue weighted by atomic mass is 10.0. The van der Waals surface area contributed by atoms with Crippen LogP contribution in [0.5, 0.6) is 0 Å². The molecule has 0 aromatic heterocycles. The third kappa shape index (κ3) is 2.69. The summed E-state index contributed by atoms with van der Waals surface area (Å²) in [5, 5.41) is 0. The van der Waals surface area contributed by atoms with Crippen LogP contribution in [0.3, 0.4) is 0 Å². The first-order chi connectivity index (χ1) is 9.34. The summed E-state index contributed by atoms with van der Waals surface area (Å²) in [5.74, 6) is -1.51. The smallest absolute Gasteiger partial charge is 0.246 e. The highest BCUT2D eigenvalue weighted by Gasteiger charge is 2.37. The van der Waals surface area contributed by atoms with Gasteiger partial charge in [-0.25, -0.2) is 12.8 Å². The molecule has 1 heterocycles. The number of carbonyl (C=O) groups excluding carboxylic acids is 1. The average molecular weight is 300 g/mol. The van der Waals surface area contributed by atoms with Crippen LogP contribution in [0.1, 0.15) is 24.8 Å². The zero-order chi connectivity index (χ0) is 14.9. The van der Waals surface area contributed by atoms with Crippen molar-refractivity contribution >= 4 is 15.9 Å². The maximum atomic E-state index is 13.8. The van der Waals surface area contributed by atoms with E-state index in [0.717, 1.165) is 16.8 Å². The molecule has 1 atom stereocenters. The molecule has 0 saturated carbocycles. The number of halogens is 1. The second-order valence-electron chi connectivity index (χ2n) is 4.96. The van der Waals surface area contributed by atoms with Gasteiger partial charge in [0.2, 0.25) is 15.9 Å². The molecule has 7 heteroatoms. The van der Waals surface area contributed by atoms with Crippen LogP contribution in [-0.4, -0.2) is 31.2 Å².